The van der Waals surface area contributed by atoms with Gasteiger partial charge < -0.3 is 14.4 Å². The summed E-state index contributed by atoms with van der Waals surface area (Å²) in [5.74, 6) is -0.811. The van der Waals surface area contributed by atoms with Crippen molar-refractivity contribution in [3.8, 4) is 11.5 Å². The van der Waals surface area contributed by atoms with Crippen molar-refractivity contribution in [2.24, 2.45) is 0 Å². The van der Waals surface area contributed by atoms with Crippen molar-refractivity contribution < 1.29 is 27.4 Å². The maximum absolute atomic E-state index is 12.9. The molecule has 0 fully saturated rings. The van der Waals surface area contributed by atoms with Crippen LogP contribution in [0, 0.1) is 0 Å². The van der Waals surface area contributed by atoms with Gasteiger partial charge in [-0.15, -0.1) is 13.2 Å². The molecule has 2 aromatic carbocycles. The number of nitrogens with zero attached hydrogens (tertiary/aromatic N) is 1. The van der Waals surface area contributed by atoms with Gasteiger partial charge in [-0.1, -0.05) is 39.7 Å². The van der Waals surface area contributed by atoms with Crippen LogP contribution in [-0.4, -0.2) is 25.9 Å². The van der Waals surface area contributed by atoms with Crippen molar-refractivity contribution >= 4 is 39.1 Å². The maximum atomic E-state index is 12.9. The summed E-state index contributed by atoms with van der Waals surface area (Å²) in [7, 11) is 1.26. The molecule has 27 heavy (non-hydrogen) atoms. The van der Waals surface area contributed by atoms with Gasteiger partial charge in [0.2, 0.25) is 5.91 Å². The number of ether oxygens (including phenoxy) is 2. The average Bonchev–Trinajstić information content (AvgIpc) is 3.01. The highest BCUT2D eigenvalue weighted by atomic mass is 79.9. The molecule has 1 atom stereocenters. The van der Waals surface area contributed by atoms with E-state index in [1.54, 1.807) is 24.3 Å². The van der Waals surface area contributed by atoms with Crippen molar-refractivity contribution in [2.75, 3.05) is 18.6 Å². The molecule has 1 heterocycles. The third-order valence-corrected chi connectivity index (χ3v) is 5.30. The van der Waals surface area contributed by atoms with Crippen LogP contribution in [0.1, 0.15) is 16.0 Å². The van der Waals surface area contributed by atoms with Gasteiger partial charge in [0.15, 0.2) is 11.5 Å². The predicted octanol–water partition coefficient (Wildman–Crippen LogP) is 5.27. The van der Waals surface area contributed by atoms with Gasteiger partial charge in [0.25, 0.3) is 0 Å². The smallest absolute Gasteiger partial charge is 0.493 e. The quantitative estimate of drug-likeness (QED) is 0.579. The molecular formula is C18H14BrClF3NO3. The highest BCUT2D eigenvalue weighted by Gasteiger charge is 2.35. The number of hydrogen-bond donors (Lipinski definition) is 0. The lowest BCUT2D eigenvalue weighted by atomic mass is 10.1. The Morgan fingerprint density at radius 3 is 2.48 bits per heavy atom. The van der Waals surface area contributed by atoms with Gasteiger partial charge in [0.05, 0.1) is 12.8 Å². The number of anilines is 1. The van der Waals surface area contributed by atoms with E-state index in [1.807, 2.05) is 0 Å². The summed E-state index contributed by atoms with van der Waals surface area (Å²) in [5.41, 5.74) is 1.78. The van der Waals surface area contributed by atoms with E-state index in [1.165, 1.54) is 24.1 Å². The molecule has 0 saturated carbocycles. The van der Waals surface area contributed by atoms with Gasteiger partial charge in [0.1, 0.15) is 4.83 Å². The van der Waals surface area contributed by atoms with E-state index in [-0.39, 0.29) is 11.7 Å². The molecule has 0 radical (unpaired) electrons. The maximum Gasteiger partial charge on any atom is 0.573 e. The van der Waals surface area contributed by atoms with Crippen LogP contribution in [0.2, 0.25) is 5.02 Å². The van der Waals surface area contributed by atoms with Crippen molar-refractivity contribution in [3.63, 3.8) is 0 Å². The molecule has 0 spiro atoms. The zero-order valence-electron chi connectivity index (χ0n) is 14.0. The Balaban J connectivity index is 1.91. The van der Waals surface area contributed by atoms with E-state index in [2.05, 4.69) is 20.7 Å². The number of carbonyl (C=O) groups excluding carboxylic acids is 1. The van der Waals surface area contributed by atoms with E-state index in [4.69, 9.17) is 16.3 Å². The van der Waals surface area contributed by atoms with E-state index in [0.717, 1.165) is 0 Å². The van der Waals surface area contributed by atoms with E-state index >= 15 is 0 Å². The summed E-state index contributed by atoms with van der Waals surface area (Å²) in [6.07, 6.45) is -4.36. The fourth-order valence-electron chi connectivity index (χ4n) is 2.90. The summed E-state index contributed by atoms with van der Waals surface area (Å²) in [6.45, 7) is 0.350. The number of rotatable bonds is 4. The Labute approximate surface area is 166 Å². The first-order valence-corrected chi connectivity index (χ1v) is 9.16. The van der Waals surface area contributed by atoms with Crippen LogP contribution in [0.3, 0.4) is 0 Å². The fraction of sp³-hybridized carbons (Fsp3) is 0.278. The zero-order valence-corrected chi connectivity index (χ0v) is 16.4. The van der Waals surface area contributed by atoms with Gasteiger partial charge in [-0.05, 0) is 35.7 Å². The normalized spacial score (nSPS) is 14.7. The molecule has 0 N–H and O–H groups in total. The standard InChI is InChI=1S/C18H14BrClF3NO3/c1-26-14-8-11-6-7-24(13(11)9-15(14)27-18(21,22)23)17(25)16(19)10-2-4-12(20)5-3-10/h2-5,8-9,16H,6-7H2,1H3. The van der Waals surface area contributed by atoms with E-state index in [9.17, 15) is 18.0 Å². The number of benzene rings is 2. The first-order valence-electron chi connectivity index (χ1n) is 7.87. The molecule has 1 unspecified atom stereocenters. The second-order valence-corrected chi connectivity index (χ2v) is 7.19. The number of methoxy groups -OCH3 is 1. The van der Waals surface area contributed by atoms with Gasteiger partial charge in [-0.25, -0.2) is 0 Å². The fourth-order valence-corrected chi connectivity index (χ4v) is 3.58. The average molecular weight is 465 g/mol. The summed E-state index contributed by atoms with van der Waals surface area (Å²) in [4.78, 5) is 13.7. The number of halogens is 5. The molecule has 1 aliphatic rings. The molecule has 2 aromatic rings. The van der Waals surface area contributed by atoms with Crippen LogP contribution in [0.4, 0.5) is 18.9 Å². The van der Waals surface area contributed by atoms with Crippen LogP contribution in [0.5, 0.6) is 11.5 Å². The Morgan fingerprint density at radius 1 is 1.22 bits per heavy atom. The number of amides is 1. The lowest BCUT2D eigenvalue weighted by molar-refractivity contribution is -0.275. The minimum Gasteiger partial charge on any atom is -0.493 e. The summed E-state index contributed by atoms with van der Waals surface area (Å²) in [5, 5.41) is 0.540. The number of fused-ring (bicyclic) bond motifs is 1. The minimum atomic E-state index is -4.86. The second kappa shape index (κ2) is 7.59. The molecule has 0 aliphatic carbocycles. The Morgan fingerprint density at radius 2 is 1.89 bits per heavy atom. The molecule has 0 aromatic heterocycles. The molecule has 144 valence electrons. The lowest BCUT2D eigenvalue weighted by Crippen LogP contribution is -2.31. The number of carbonyl (C=O) groups is 1. The third-order valence-electron chi connectivity index (χ3n) is 4.13. The van der Waals surface area contributed by atoms with E-state index in [0.29, 0.717) is 34.8 Å². The van der Waals surface area contributed by atoms with Crippen molar-refractivity contribution in [1.82, 2.24) is 0 Å². The minimum absolute atomic E-state index is 0.0338. The Bertz CT molecular complexity index is 858. The molecule has 1 amide bonds. The largest absolute Gasteiger partial charge is 0.573 e. The monoisotopic (exact) mass is 463 g/mol. The number of alkyl halides is 4. The molecule has 0 saturated heterocycles. The first-order chi connectivity index (χ1) is 12.7. The van der Waals surface area contributed by atoms with Gasteiger partial charge >= 0.3 is 6.36 Å². The topological polar surface area (TPSA) is 38.8 Å². The van der Waals surface area contributed by atoms with Crippen LogP contribution < -0.4 is 14.4 Å². The summed E-state index contributed by atoms with van der Waals surface area (Å²) >= 11 is 9.22. The molecule has 1 aliphatic heterocycles. The van der Waals surface area contributed by atoms with Gasteiger partial charge in [0, 0.05) is 17.6 Å². The van der Waals surface area contributed by atoms with Crippen molar-refractivity contribution in [2.45, 2.75) is 17.6 Å². The van der Waals surface area contributed by atoms with Crippen LogP contribution in [0.25, 0.3) is 0 Å². The van der Waals surface area contributed by atoms with Gasteiger partial charge in [-0.3, -0.25) is 4.79 Å². The predicted molar refractivity (Wildman–Crippen MR) is 98.9 cm³/mol. The Kier molecular flexibility index (Phi) is 5.58. The highest BCUT2D eigenvalue weighted by Crippen LogP contribution is 2.42. The van der Waals surface area contributed by atoms with Crippen LogP contribution >= 0.6 is 27.5 Å². The molecule has 4 nitrogen and oxygen atoms in total. The SMILES string of the molecule is COc1cc2c(cc1OC(F)(F)F)N(C(=O)C(Br)c1ccc(Cl)cc1)CC2. The zero-order chi connectivity index (χ0) is 19.8. The molecule has 9 heteroatoms. The van der Waals surface area contributed by atoms with Crippen LogP contribution in [0.15, 0.2) is 36.4 Å². The summed E-state index contributed by atoms with van der Waals surface area (Å²) in [6, 6.07) is 9.40. The Hall–Kier alpha value is -1.93. The second-order valence-electron chi connectivity index (χ2n) is 5.83. The van der Waals surface area contributed by atoms with Crippen molar-refractivity contribution in [1.29, 1.82) is 0 Å². The molecule has 3 rings (SSSR count). The van der Waals surface area contributed by atoms with Gasteiger partial charge in [-0.2, -0.15) is 0 Å². The lowest BCUT2D eigenvalue weighted by Gasteiger charge is -2.22. The van der Waals surface area contributed by atoms with Crippen LogP contribution in [-0.2, 0) is 11.2 Å². The van der Waals surface area contributed by atoms with Crippen molar-refractivity contribution in [3.05, 3.63) is 52.5 Å². The number of hydrogen-bond acceptors (Lipinski definition) is 3. The summed E-state index contributed by atoms with van der Waals surface area (Å²) < 4.78 is 47.0. The third kappa shape index (κ3) is 4.32. The first kappa shape index (κ1) is 19.8. The molecule has 0 bridgehead atoms. The molecular weight excluding hydrogens is 451 g/mol. The highest BCUT2D eigenvalue weighted by molar-refractivity contribution is 9.09. The van der Waals surface area contributed by atoms with E-state index < -0.39 is 16.9 Å².